The van der Waals surface area contributed by atoms with Crippen LogP contribution in [0.5, 0.6) is 0 Å². The van der Waals surface area contributed by atoms with Crippen LogP contribution in [0.1, 0.15) is 19.3 Å². The molecule has 1 atom stereocenters. The van der Waals surface area contributed by atoms with Crippen molar-refractivity contribution in [3.8, 4) is 0 Å². The molecule has 0 saturated heterocycles. The molecule has 0 rings (SSSR count). The minimum atomic E-state index is -4.35. The number of carboxylic acid groups (broad SMARTS) is 1. The van der Waals surface area contributed by atoms with E-state index < -0.39 is 59.4 Å². The summed E-state index contributed by atoms with van der Waals surface area (Å²) in [6.45, 7) is -0.720. The molecule has 0 aromatic rings. The van der Waals surface area contributed by atoms with E-state index >= 15 is 0 Å². The predicted molar refractivity (Wildman–Crippen MR) is 69.0 cm³/mol. The summed E-state index contributed by atoms with van der Waals surface area (Å²) in [7, 11) is -6.94. The highest BCUT2D eigenvalue weighted by Gasteiger charge is 2.22. The van der Waals surface area contributed by atoms with Gasteiger partial charge in [-0.1, -0.05) is 0 Å². The Balaban J connectivity index is 3.76. The average Bonchev–Trinajstić information content (AvgIpc) is 2.35. The second-order valence-corrected chi connectivity index (χ2v) is 6.51. The fourth-order valence-corrected chi connectivity index (χ4v) is 1.94. The van der Waals surface area contributed by atoms with Crippen molar-refractivity contribution in [2.45, 2.75) is 19.3 Å². The molecule has 0 radical (unpaired) electrons. The van der Waals surface area contributed by atoms with E-state index in [1.54, 1.807) is 0 Å². The number of hydrogen-bond donors (Lipinski definition) is 3. The van der Waals surface area contributed by atoms with Crippen molar-refractivity contribution in [2.75, 3.05) is 19.4 Å². The summed E-state index contributed by atoms with van der Waals surface area (Å²) < 4.78 is 34.8. The van der Waals surface area contributed by atoms with Crippen molar-refractivity contribution < 1.29 is 52.2 Å². The third-order valence-electron chi connectivity index (χ3n) is 1.85. The molecule has 22 heavy (non-hydrogen) atoms. The van der Waals surface area contributed by atoms with Gasteiger partial charge in [-0.15, -0.1) is 9.05 Å². The Kier molecular flexibility index (Phi) is 9.91. The first-order chi connectivity index (χ1) is 10.1. The molecule has 0 aliphatic rings. The lowest BCUT2D eigenvalue weighted by Crippen LogP contribution is -2.14. The summed E-state index contributed by atoms with van der Waals surface area (Å²) in [6, 6.07) is 0. The Hall–Kier alpha value is -1.22. The van der Waals surface area contributed by atoms with Crippen LogP contribution in [0, 0.1) is 0 Å². The normalized spacial score (nSPS) is 11.8. The average molecular weight is 361 g/mol. The van der Waals surface area contributed by atoms with Crippen molar-refractivity contribution in [3.05, 3.63) is 0 Å². The molecule has 0 fully saturated rings. The van der Waals surface area contributed by atoms with Gasteiger partial charge >= 0.3 is 33.8 Å². The van der Waals surface area contributed by atoms with Crippen LogP contribution in [-0.2, 0) is 37.3 Å². The Morgan fingerprint density at radius 3 is 1.95 bits per heavy atom. The van der Waals surface area contributed by atoms with Gasteiger partial charge in [-0.3, -0.25) is 18.9 Å². The maximum atomic E-state index is 11.1. The summed E-state index contributed by atoms with van der Waals surface area (Å²) in [6.07, 6.45) is -2.16. The molecule has 1 unspecified atom stereocenters. The van der Waals surface area contributed by atoms with Gasteiger partial charge in [0.15, 0.2) is 0 Å². The number of rotatable bonds is 11. The first-order valence-electron chi connectivity index (χ1n) is 5.83. The first kappa shape index (κ1) is 20.8. The highest BCUT2D eigenvalue weighted by atomic mass is 31.2. The zero-order valence-corrected chi connectivity index (χ0v) is 13.0. The summed E-state index contributed by atoms with van der Waals surface area (Å²) in [5.41, 5.74) is 0. The maximum absolute atomic E-state index is 11.1. The molecule has 0 amide bonds. The predicted octanol–water partition coefficient (Wildman–Crippen LogP) is 0.179. The van der Waals surface area contributed by atoms with E-state index in [0.717, 1.165) is 0 Å². The minimum Gasteiger partial charge on any atom is -0.481 e. The van der Waals surface area contributed by atoms with E-state index in [9.17, 15) is 23.5 Å². The number of esters is 2. The van der Waals surface area contributed by atoms with Gasteiger partial charge in [0.2, 0.25) is 0 Å². The molecule has 0 aromatic heterocycles. The van der Waals surface area contributed by atoms with Gasteiger partial charge in [-0.2, -0.15) is 0 Å². The smallest absolute Gasteiger partial charge is 0.481 e. The SMILES string of the molecule is O=C(O)CCO[P+](=O)OCCC(=O)OC(=O)CCP(=O)(O)O. The monoisotopic (exact) mass is 361 g/mol. The number of carbonyl (C=O) groups excluding carboxylic acids is 2. The van der Waals surface area contributed by atoms with Crippen molar-refractivity contribution in [3.63, 3.8) is 0 Å². The van der Waals surface area contributed by atoms with E-state index in [2.05, 4.69) is 13.8 Å². The Labute approximate surface area is 125 Å². The van der Waals surface area contributed by atoms with Crippen molar-refractivity contribution in [1.82, 2.24) is 0 Å². The van der Waals surface area contributed by atoms with Gasteiger partial charge in [0.05, 0.1) is 25.4 Å². The van der Waals surface area contributed by atoms with Gasteiger partial charge in [0.1, 0.15) is 13.2 Å². The largest absolute Gasteiger partial charge is 0.697 e. The number of ether oxygens (including phenoxy) is 1. The lowest BCUT2D eigenvalue weighted by Gasteiger charge is -2.03. The third-order valence-corrected chi connectivity index (χ3v) is 3.44. The van der Waals surface area contributed by atoms with Crippen LogP contribution >= 0.6 is 15.9 Å². The molecule has 3 N–H and O–H groups in total. The van der Waals surface area contributed by atoms with E-state index in [0.29, 0.717) is 0 Å². The maximum Gasteiger partial charge on any atom is 0.697 e. The number of carboxylic acids is 1. The molecule has 0 aromatic carbocycles. The van der Waals surface area contributed by atoms with Crippen molar-refractivity contribution >= 4 is 33.8 Å². The molecule has 0 aliphatic heterocycles. The topological polar surface area (TPSA) is 174 Å². The molecular formula is C9H15O11P2+. The molecule has 0 heterocycles. The molecule has 0 aliphatic carbocycles. The molecular weight excluding hydrogens is 346 g/mol. The fraction of sp³-hybridized carbons (Fsp3) is 0.667. The third kappa shape index (κ3) is 13.7. The standard InChI is InChI=1S/C9H14O11P2/c10-7(11)1-4-18-21(14)19-5-2-8(12)20-9(13)3-6-22(15,16)17/h1-6H2,(H2-,10,11,15,16,17)/p+1. The number of aliphatic carboxylic acids is 1. The molecule has 0 bridgehead atoms. The van der Waals surface area contributed by atoms with Gasteiger partial charge < -0.3 is 19.6 Å². The van der Waals surface area contributed by atoms with E-state index in [4.69, 9.17) is 14.9 Å². The molecule has 126 valence electrons. The lowest BCUT2D eigenvalue weighted by atomic mass is 10.4. The van der Waals surface area contributed by atoms with Crippen LogP contribution < -0.4 is 0 Å². The number of carbonyl (C=O) groups is 3. The highest BCUT2D eigenvalue weighted by molar-refractivity contribution is 7.51. The zero-order valence-electron chi connectivity index (χ0n) is 11.2. The second-order valence-electron chi connectivity index (χ2n) is 3.77. The number of hydrogen-bond acceptors (Lipinski definition) is 8. The Bertz CT molecular complexity index is 468. The summed E-state index contributed by atoms with van der Waals surface area (Å²) in [5.74, 6) is -3.26. The van der Waals surface area contributed by atoms with E-state index in [1.165, 1.54) is 0 Å². The highest BCUT2D eigenvalue weighted by Crippen LogP contribution is 2.34. The molecule has 0 spiro atoms. The Morgan fingerprint density at radius 1 is 0.955 bits per heavy atom. The van der Waals surface area contributed by atoms with Crippen LogP contribution in [0.2, 0.25) is 0 Å². The van der Waals surface area contributed by atoms with Gasteiger partial charge in [-0.25, -0.2) is 0 Å². The fourth-order valence-electron chi connectivity index (χ4n) is 0.914. The van der Waals surface area contributed by atoms with Gasteiger partial charge in [0.25, 0.3) is 0 Å². The van der Waals surface area contributed by atoms with E-state index in [-0.39, 0.29) is 13.0 Å². The quantitative estimate of drug-likeness (QED) is 0.260. The summed E-state index contributed by atoms with van der Waals surface area (Å²) >= 11 is 0. The van der Waals surface area contributed by atoms with Crippen molar-refractivity contribution in [1.29, 1.82) is 0 Å². The van der Waals surface area contributed by atoms with E-state index in [1.807, 2.05) is 0 Å². The van der Waals surface area contributed by atoms with Crippen LogP contribution in [0.15, 0.2) is 0 Å². The van der Waals surface area contributed by atoms with Crippen molar-refractivity contribution in [2.24, 2.45) is 0 Å². The van der Waals surface area contributed by atoms with Crippen LogP contribution in [-0.4, -0.2) is 52.2 Å². The van der Waals surface area contributed by atoms with Crippen LogP contribution in [0.4, 0.5) is 0 Å². The lowest BCUT2D eigenvalue weighted by molar-refractivity contribution is -0.159. The first-order valence-corrected chi connectivity index (χ1v) is 8.72. The summed E-state index contributed by atoms with van der Waals surface area (Å²) in [5, 5.41) is 8.30. The van der Waals surface area contributed by atoms with Gasteiger partial charge in [-0.05, 0) is 0 Å². The Morgan fingerprint density at radius 2 is 1.45 bits per heavy atom. The van der Waals surface area contributed by atoms with Gasteiger partial charge in [0, 0.05) is 4.57 Å². The minimum absolute atomic E-state index is 0.324. The van der Waals surface area contributed by atoms with Crippen LogP contribution in [0.25, 0.3) is 0 Å². The molecule has 0 saturated carbocycles. The molecule has 11 nitrogen and oxygen atoms in total. The zero-order chi connectivity index (χ0) is 17.2. The molecule has 13 heteroatoms. The second kappa shape index (κ2) is 10.5. The summed E-state index contributed by atoms with van der Waals surface area (Å²) in [4.78, 5) is 49.4. The van der Waals surface area contributed by atoms with Crippen LogP contribution in [0.3, 0.4) is 0 Å².